The number of amides is 1. The Morgan fingerprint density at radius 3 is 2.49 bits per heavy atom. The van der Waals surface area contributed by atoms with E-state index in [1.807, 2.05) is 36.1 Å². The minimum Gasteiger partial charge on any atom is -0.337 e. The molecule has 7 nitrogen and oxygen atoms in total. The van der Waals surface area contributed by atoms with E-state index in [2.05, 4.69) is 16.1 Å². The molecule has 0 spiro atoms. The van der Waals surface area contributed by atoms with Gasteiger partial charge in [-0.1, -0.05) is 12.5 Å². The summed E-state index contributed by atoms with van der Waals surface area (Å²) in [6.07, 6.45) is 7.73. The van der Waals surface area contributed by atoms with Crippen molar-refractivity contribution in [1.29, 1.82) is 5.26 Å². The lowest BCUT2D eigenvalue weighted by atomic mass is 10.00. The van der Waals surface area contributed by atoms with Crippen molar-refractivity contribution in [3.05, 3.63) is 75.7 Å². The van der Waals surface area contributed by atoms with Crippen molar-refractivity contribution in [2.75, 3.05) is 26.2 Å². The number of benzene rings is 2. The van der Waals surface area contributed by atoms with Gasteiger partial charge in [0.25, 0.3) is 11.5 Å². The van der Waals surface area contributed by atoms with E-state index in [0.29, 0.717) is 28.4 Å². The summed E-state index contributed by atoms with van der Waals surface area (Å²) in [5, 5.41) is 12.1. The maximum absolute atomic E-state index is 13.2. The number of nitriles is 1. The Hall–Kier alpha value is -3.63. The van der Waals surface area contributed by atoms with E-state index in [1.54, 1.807) is 24.4 Å². The fraction of sp³-hybridized carbons (Fsp3) is 0.393. The molecule has 2 aromatic carbocycles. The lowest BCUT2D eigenvalue weighted by Gasteiger charge is -2.41. The quantitative estimate of drug-likeness (QED) is 0.623. The molecule has 0 bridgehead atoms. The van der Waals surface area contributed by atoms with Gasteiger partial charge in [0, 0.05) is 30.9 Å². The molecule has 1 unspecified atom stereocenters. The topological polar surface area (TPSA) is 85.1 Å². The highest BCUT2D eigenvalue weighted by atomic mass is 16.2. The zero-order chi connectivity index (χ0) is 24.4. The van der Waals surface area contributed by atoms with Gasteiger partial charge >= 0.3 is 0 Å². The first-order valence-electron chi connectivity index (χ1n) is 12.5. The third-order valence-electron chi connectivity index (χ3n) is 7.38. The number of hydrogen-bond donors (Lipinski definition) is 1. The molecule has 2 aliphatic heterocycles. The second kappa shape index (κ2) is 9.93. The molecule has 5 rings (SSSR count). The monoisotopic (exact) mass is 469 g/mol. The molecule has 1 atom stereocenters. The molecule has 7 heteroatoms. The van der Waals surface area contributed by atoms with Crippen LogP contribution in [0.4, 0.5) is 0 Å². The smallest absolute Gasteiger partial charge is 0.279 e. The number of aryl methyl sites for hydroxylation is 1. The molecule has 2 saturated heterocycles. The van der Waals surface area contributed by atoms with E-state index in [1.165, 1.54) is 30.4 Å². The summed E-state index contributed by atoms with van der Waals surface area (Å²) in [6, 6.07) is 15.1. The molecule has 1 N–H and O–H groups in total. The highest BCUT2D eigenvalue weighted by Gasteiger charge is 2.29. The van der Waals surface area contributed by atoms with Gasteiger partial charge < -0.3 is 4.90 Å². The van der Waals surface area contributed by atoms with Crippen molar-refractivity contribution in [2.24, 2.45) is 0 Å². The summed E-state index contributed by atoms with van der Waals surface area (Å²) in [5.74, 6) is 0.0611. The maximum Gasteiger partial charge on any atom is 0.279 e. The van der Waals surface area contributed by atoms with E-state index in [-0.39, 0.29) is 11.5 Å². The van der Waals surface area contributed by atoms with Crippen LogP contribution in [-0.2, 0) is 0 Å². The summed E-state index contributed by atoms with van der Waals surface area (Å²) in [4.78, 5) is 30.9. The largest absolute Gasteiger partial charge is 0.337 e. The minimum atomic E-state index is -0.169. The zero-order valence-electron chi connectivity index (χ0n) is 20.2. The SMILES string of the molecule is Cc1cc(C#N)ccc1-c1c[nH]n(-c2ccc(C(=O)N3CCCC(N4CCCCC4)C3)cc2)c1=O. The van der Waals surface area contributed by atoms with Gasteiger partial charge in [-0.05, 0) is 93.2 Å². The highest BCUT2D eigenvalue weighted by Crippen LogP contribution is 2.23. The summed E-state index contributed by atoms with van der Waals surface area (Å²) in [6.45, 7) is 5.79. The first-order chi connectivity index (χ1) is 17.0. The molecule has 0 saturated carbocycles. The molecule has 3 heterocycles. The Labute approximate surface area is 205 Å². The van der Waals surface area contributed by atoms with Crippen LogP contribution in [0.25, 0.3) is 16.8 Å². The van der Waals surface area contributed by atoms with Crippen LogP contribution in [-0.4, -0.2) is 57.7 Å². The van der Waals surface area contributed by atoms with Crippen LogP contribution in [0.3, 0.4) is 0 Å². The van der Waals surface area contributed by atoms with Gasteiger partial charge in [-0.25, -0.2) is 4.68 Å². The number of hydrogen-bond acceptors (Lipinski definition) is 4. The van der Waals surface area contributed by atoms with Crippen LogP contribution in [0.1, 0.15) is 53.6 Å². The third-order valence-corrected chi connectivity index (χ3v) is 7.38. The van der Waals surface area contributed by atoms with E-state index in [0.717, 1.165) is 43.7 Å². The Bertz CT molecular complexity index is 1310. The van der Waals surface area contributed by atoms with Crippen molar-refractivity contribution < 1.29 is 4.79 Å². The standard InChI is InChI=1S/C28H31N5O2/c1-20-16-21(17-29)7-12-25(20)26-18-30-33(28(26)35)23-10-8-22(9-11-23)27(34)32-15-5-6-24(19-32)31-13-3-2-4-14-31/h7-12,16,18,24,30H,2-6,13-15,19H2,1H3. The molecule has 0 radical (unpaired) electrons. The van der Waals surface area contributed by atoms with E-state index >= 15 is 0 Å². The van der Waals surface area contributed by atoms with Crippen LogP contribution in [0.15, 0.2) is 53.5 Å². The second-order valence-corrected chi connectivity index (χ2v) is 9.66. The first-order valence-corrected chi connectivity index (χ1v) is 12.5. The van der Waals surface area contributed by atoms with E-state index in [9.17, 15) is 9.59 Å². The van der Waals surface area contributed by atoms with Crippen LogP contribution < -0.4 is 5.56 Å². The average molecular weight is 470 g/mol. The number of aromatic nitrogens is 2. The number of nitrogens with zero attached hydrogens (tertiary/aromatic N) is 4. The van der Waals surface area contributed by atoms with Crippen LogP contribution in [0.2, 0.25) is 0 Å². The highest BCUT2D eigenvalue weighted by molar-refractivity contribution is 5.94. The van der Waals surface area contributed by atoms with E-state index < -0.39 is 0 Å². The first kappa shape index (κ1) is 23.1. The van der Waals surface area contributed by atoms with Crippen LogP contribution in [0.5, 0.6) is 0 Å². The zero-order valence-corrected chi connectivity index (χ0v) is 20.2. The predicted octanol–water partition coefficient (Wildman–Crippen LogP) is 4.10. The maximum atomic E-state index is 13.2. The van der Waals surface area contributed by atoms with Crippen LogP contribution >= 0.6 is 0 Å². The van der Waals surface area contributed by atoms with Gasteiger partial charge in [0.2, 0.25) is 0 Å². The lowest BCUT2D eigenvalue weighted by Crippen LogP contribution is -2.51. The molecular formula is C28H31N5O2. The molecule has 3 aromatic rings. The Morgan fingerprint density at radius 1 is 1.00 bits per heavy atom. The number of nitrogens with one attached hydrogen (secondary N) is 1. The number of aromatic amines is 1. The van der Waals surface area contributed by atoms with Crippen molar-refractivity contribution in [3.63, 3.8) is 0 Å². The van der Waals surface area contributed by atoms with Crippen molar-refractivity contribution in [2.45, 2.75) is 45.1 Å². The van der Waals surface area contributed by atoms with Crippen molar-refractivity contribution in [3.8, 4) is 22.9 Å². The summed E-state index contributed by atoms with van der Waals surface area (Å²) >= 11 is 0. The number of piperidine rings is 2. The normalized spacial score (nSPS) is 18.9. The minimum absolute atomic E-state index is 0.0611. The number of rotatable bonds is 4. The molecule has 35 heavy (non-hydrogen) atoms. The van der Waals surface area contributed by atoms with Gasteiger partial charge in [0.15, 0.2) is 0 Å². The predicted molar refractivity (Wildman–Crippen MR) is 136 cm³/mol. The molecule has 2 fully saturated rings. The van der Waals surface area contributed by atoms with Gasteiger partial charge in [0.1, 0.15) is 0 Å². The fourth-order valence-electron chi connectivity index (χ4n) is 5.45. The summed E-state index contributed by atoms with van der Waals surface area (Å²) in [5.41, 5.74) is 3.94. The van der Waals surface area contributed by atoms with Gasteiger partial charge in [-0.2, -0.15) is 5.26 Å². The fourth-order valence-corrected chi connectivity index (χ4v) is 5.45. The third kappa shape index (κ3) is 4.67. The van der Waals surface area contributed by atoms with Gasteiger partial charge in [-0.3, -0.25) is 19.6 Å². The number of carbonyl (C=O) groups is 1. The summed E-state index contributed by atoms with van der Waals surface area (Å²) in [7, 11) is 0. The van der Waals surface area contributed by atoms with Crippen molar-refractivity contribution >= 4 is 5.91 Å². The Morgan fingerprint density at radius 2 is 1.77 bits per heavy atom. The molecule has 180 valence electrons. The molecule has 1 aromatic heterocycles. The molecular weight excluding hydrogens is 438 g/mol. The summed E-state index contributed by atoms with van der Waals surface area (Å²) < 4.78 is 1.48. The van der Waals surface area contributed by atoms with Gasteiger partial charge in [-0.15, -0.1) is 0 Å². The lowest BCUT2D eigenvalue weighted by molar-refractivity contribution is 0.0537. The number of carbonyl (C=O) groups excluding carboxylic acids is 1. The van der Waals surface area contributed by atoms with Crippen molar-refractivity contribution in [1.82, 2.24) is 19.6 Å². The number of likely N-dealkylation sites (tertiary alicyclic amines) is 2. The van der Waals surface area contributed by atoms with Gasteiger partial charge in [0.05, 0.1) is 22.9 Å². The Kier molecular flexibility index (Phi) is 6.56. The second-order valence-electron chi connectivity index (χ2n) is 9.66. The van der Waals surface area contributed by atoms with Crippen LogP contribution in [0, 0.1) is 18.3 Å². The average Bonchev–Trinajstić information content (AvgIpc) is 3.29. The van der Waals surface area contributed by atoms with E-state index in [4.69, 9.17) is 5.26 Å². The molecule has 2 aliphatic rings. The molecule has 1 amide bonds. The Balaban J connectivity index is 1.32. The molecule has 0 aliphatic carbocycles. The number of H-pyrrole nitrogens is 1.